The van der Waals surface area contributed by atoms with Gasteiger partial charge in [-0.2, -0.15) is 0 Å². The summed E-state index contributed by atoms with van der Waals surface area (Å²) in [7, 11) is 0. The SMILES string of the molecule is NC(=O)c1c(F)ccc(OCC2CC(c3ccc(Cl)cc3)=NO2)c1F. The summed E-state index contributed by atoms with van der Waals surface area (Å²) in [5.74, 6) is -3.66. The smallest absolute Gasteiger partial charge is 0.254 e. The van der Waals surface area contributed by atoms with Crippen LogP contribution >= 0.6 is 11.6 Å². The number of hydrogen-bond acceptors (Lipinski definition) is 4. The number of oxime groups is 1. The van der Waals surface area contributed by atoms with Crippen LogP contribution in [0.5, 0.6) is 5.75 Å². The molecule has 2 N–H and O–H groups in total. The van der Waals surface area contributed by atoms with Crippen LogP contribution in [0, 0.1) is 11.6 Å². The van der Waals surface area contributed by atoms with Crippen molar-refractivity contribution in [2.75, 3.05) is 6.61 Å². The number of halogens is 3. The molecule has 1 atom stereocenters. The van der Waals surface area contributed by atoms with E-state index in [1.54, 1.807) is 12.1 Å². The Morgan fingerprint density at radius 3 is 2.68 bits per heavy atom. The fourth-order valence-electron chi connectivity index (χ4n) is 2.38. The highest BCUT2D eigenvalue weighted by Crippen LogP contribution is 2.25. The molecule has 0 radical (unpaired) electrons. The summed E-state index contributed by atoms with van der Waals surface area (Å²) in [5.41, 5.74) is 5.71. The second kappa shape index (κ2) is 7.06. The van der Waals surface area contributed by atoms with E-state index in [2.05, 4.69) is 5.16 Å². The van der Waals surface area contributed by atoms with E-state index in [1.807, 2.05) is 12.1 Å². The predicted molar refractivity (Wildman–Crippen MR) is 87.8 cm³/mol. The molecule has 0 bridgehead atoms. The molecular weight excluding hydrogens is 354 g/mol. The first-order chi connectivity index (χ1) is 12.0. The Morgan fingerprint density at radius 1 is 1.28 bits per heavy atom. The van der Waals surface area contributed by atoms with E-state index in [1.165, 1.54) is 0 Å². The summed E-state index contributed by atoms with van der Waals surface area (Å²) >= 11 is 5.84. The zero-order chi connectivity index (χ0) is 18.0. The van der Waals surface area contributed by atoms with Gasteiger partial charge in [-0.1, -0.05) is 28.9 Å². The molecule has 3 rings (SSSR count). The maximum absolute atomic E-state index is 14.1. The first-order valence-corrected chi connectivity index (χ1v) is 7.72. The number of amides is 1. The number of primary amides is 1. The standard InChI is InChI=1S/C17H13ClF2N2O3/c18-10-3-1-9(2-4-10)13-7-11(25-22-13)8-24-14-6-5-12(19)15(16(14)20)17(21)23/h1-6,11H,7-8H2,(H2,21,23). The molecule has 0 aromatic heterocycles. The fourth-order valence-corrected chi connectivity index (χ4v) is 2.51. The average molecular weight is 367 g/mol. The topological polar surface area (TPSA) is 73.9 Å². The minimum Gasteiger partial charge on any atom is -0.486 e. The molecule has 2 aromatic carbocycles. The molecule has 0 saturated heterocycles. The number of ether oxygens (including phenoxy) is 1. The molecule has 5 nitrogen and oxygen atoms in total. The first-order valence-electron chi connectivity index (χ1n) is 7.35. The van der Waals surface area contributed by atoms with Gasteiger partial charge in [-0.15, -0.1) is 0 Å². The molecule has 1 aliphatic rings. The third-order valence-electron chi connectivity index (χ3n) is 3.64. The van der Waals surface area contributed by atoms with Crippen molar-refractivity contribution in [2.24, 2.45) is 10.9 Å². The van der Waals surface area contributed by atoms with Crippen LogP contribution in [-0.2, 0) is 4.84 Å². The van der Waals surface area contributed by atoms with Crippen molar-refractivity contribution in [1.29, 1.82) is 0 Å². The summed E-state index contributed by atoms with van der Waals surface area (Å²) in [5, 5.41) is 4.59. The van der Waals surface area contributed by atoms with Gasteiger partial charge in [0.1, 0.15) is 18.0 Å². The van der Waals surface area contributed by atoms with Crippen LogP contribution in [-0.4, -0.2) is 24.3 Å². The average Bonchev–Trinajstić information content (AvgIpc) is 3.03. The van der Waals surface area contributed by atoms with Gasteiger partial charge in [0.25, 0.3) is 5.91 Å². The number of rotatable bonds is 5. The van der Waals surface area contributed by atoms with Crippen molar-refractivity contribution >= 4 is 23.2 Å². The monoisotopic (exact) mass is 366 g/mol. The van der Waals surface area contributed by atoms with E-state index in [-0.39, 0.29) is 12.4 Å². The van der Waals surface area contributed by atoms with Gasteiger partial charge in [-0.3, -0.25) is 4.79 Å². The van der Waals surface area contributed by atoms with Crippen molar-refractivity contribution in [3.63, 3.8) is 0 Å². The van der Waals surface area contributed by atoms with Crippen LogP contribution in [0.15, 0.2) is 41.6 Å². The molecular formula is C17H13ClF2N2O3. The van der Waals surface area contributed by atoms with Crippen molar-refractivity contribution in [3.8, 4) is 5.75 Å². The Hall–Kier alpha value is -2.67. The molecule has 130 valence electrons. The lowest BCUT2D eigenvalue weighted by Gasteiger charge is -2.12. The largest absolute Gasteiger partial charge is 0.486 e. The molecule has 1 amide bonds. The minimum absolute atomic E-state index is 0.0264. The van der Waals surface area contributed by atoms with Crippen LogP contribution in [0.25, 0.3) is 0 Å². The molecule has 0 saturated carbocycles. The lowest BCUT2D eigenvalue weighted by Crippen LogP contribution is -2.20. The van der Waals surface area contributed by atoms with E-state index in [0.29, 0.717) is 17.2 Å². The van der Waals surface area contributed by atoms with Crippen LogP contribution in [0.1, 0.15) is 22.3 Å². The van der Waals surface area contributed by atoms with Crippen LogP contribution < -0.4 is 10.5 Å². The summed E-state index contributed by atoms with van der Waals surface area (Å²) in [4.78, 5) is 16.4. The van der Waals surface area contributed by atoms with Gasteiger partial charge in [0.05, 0.1) is 5.71 Å². The molecule has 1 aliphatic heterocycles. The third kappa shape index (κ3) is 3.71. The van der Waals surface area contributed by atoms with Crippen molar-refractivity contribution in [2.45, 2.75) is 12.5 Å². The van der Waals surface area contributed by atoms with Gasteiger partial charge in [-0.05, 0) is 29.8 Å². The van der Waals surface area contributed by atoms with Crippen molar-refractivity contribution in [3.05, 3.63) is 64.2 Å². The molecule has 0 fully saturated rings. The van der Waals surface area contributed by atoms with Gasteiger partial charge in [0.2, 0.25) is 0 Å². The predicted octanol–water partition coefficient (Wildman–Crippen LogP) is 3.29. The Kier molecular flexibility index (Phi) is 4.85. The summed E-state index contributed by atoms with van der Waals surface area (Å²) in [6.45, 7) is -0.0264. The molecule has 25 heavy (non-hydrogen) atoms. The van der Waals surface area contributed by atoms with E-state index < -0.39 is 29.2 Å². The van der Waals surface area contributed by atoms with Gasteiger partial charge >= 0.3 is 0 Å². The highest BCUT2D eigenvalue weighted by atomic mass is 35.5. The number of nitrogens with two attached hydrogens (primary N) is 1. The van der Waals surface area contributed by atoms with E-state index in [9.17, 15) is 13.6 Å². The number of carbonyl (C=O) groups excluding carboxylic acids is 1. The van der Waals surface area contributed by atoms with Gasteiger partial charge < -0.3 is 15.3 Å². The molecule has 0 aliphatic carbocycles. The van der Waals surface area contributed by atoms with Gasteiger partial charge in [0.15, 0.2) is 17.7 Å². The lowest BCUT2D eigenvalue weighted by molar-refractivity contribution is 0.0458. The Labute approximate surface area is 147 Å². The molecule has 8 heteroatoms. The second-order valence-corrected chi connectivity index (χ2v) is 5.82. The summed E-state index contributed by atoms with van der Waals surface area (Å²) in [6, 6.07) is 9.11. The van der Waals surface area contributed by atoms with E-state index in [0.717, 1.165) is 17.7 Å². The zero-order valence-corrected chi connectivity index (χ0v) is 13.6. The minimum atomic E-state index is -1.20. The highest BCUT2D eigenvalue weighted by molar-refractivity contribution is 6.30. The number of benzene rings is 2. The van der Waals surface area contributed by atoms with Crippen LogP contribution in [0.2, 0.25) is 5.02 Å². The maximum Gasteiger partial charge on any atom is 0.254 e. The fraction of sp³-hybridized carbons (Fsp3) is 0.176. The van der Waals surface area contributed by atoms with Crippen LogP contribution in [0.4, 0.5) is 8.78 Å². The third-order valence-corrected chi connectivity index (χ3v) is 3.89. The maximum atomic E-state index is 14.1. The number of hydrogen-bond donors (Lipinski definition) is 1. The summed E-state index contributed by atoms with van der Waals surface area (Å²) in [6.07, 6.45) is 0.0137. The first kappa shape index (κ1) is 17.2. The lowest BCUT2D eigenvalue weighted by atomic mass is 10.1. The van der Waals surface area contributed by atoms with Gasteiger partial charge in [-0.25, -0.2) is 8.78 Å². The zero-order valence-electron chi connectivity index (χ0n) is 12.8. The summed E-state index contributed by atoms with van der Waals surface area (Å²) < 4.78 is 32.8. The van der Waals surface area contributed by atoms with Gasteiger partial charge in [0, 0.05) is 11.4 Å². The van der Waals surface area contributed by atoms with Crippen molar-refractivity contribution < 1.29 is 23.1 Å². The quantitative estimate of drug-likeness (QED) is 0.882. The highest BCUT2D eigenvalue weighted by Gasteiger charge is 2.25. The normalized spacial score (nSPS) is 16.3. The Bertz CT molecular complexity index is 841. The number of carbonyl (C=O) groups is 1. The van der Waals surface area contributed by atoms with Crippen LogP contribution in [0.3, 0.4) is 0 Å². The molecule has 1 heterocycles. The van der Waals surface area contributed by atoms with Crippen molar-refractivity contribution in [1.82, 2.24) is 0 Å². The molecule has 1 unspecified atom stereocenters. The van der Waals surface area contributed by atoms with E-state index >= 15 is 0 Å². The second-order valence-electron chi connectivity index (χ2n) is 5.39. The Morgan fingerprint density at radius 2 is 2.00 bits per heavy atom. The van der Waals surface area contributed by atoms with E-state index in [4.69, 9.17) is 26.9 Å². The number of nitrogens with zero attached hydrogens (tertiary/aromatic N) is 1. The Balaban J connectivity index is 1.63. The molecule has 0 spiro atoms. The molecule has 2 aromatic rings.